The minimum Gasteiger partial charge on any atom is -0.360 e. The number of para-hydroxylation sites is 1. The van der Waals surface area contributed by atoms with E-state index in [1.807, 2.05) is 29.6 Å². The second-order valence-corrected chi connectivity index (χ2v) is 6.85. The monoisotopic (exact) mass is 299 g/mol. The number of anilines is 1. The molecule has 2 aromatic heterocycles. The van der Waals surface area contributed by atoms with Crippen molar-refractivity contribution < 1.29 is 4.79 Å². The number of thiazole rings is 1. The van der Waals surface area contributed by atoms with E-state index < -0.39 is 0 Å². The van der Waals surface area contributed by atoms with Crippen LogP contribution in [0.2, 0.25) is 0 Å². The summed E-state index contributed by atoms with van der Waals surface area (Å²) in [7, 11) is 0. The Kier molecular flexibility index (Phi) is 3.29. The zero-order valence-electron chi connectivity index (χ0n) is 12.2. The van der Waals surface area contributed by atoms with E-state index in [1.54, 1.807) is 6.20 Å². The molecule has 0 bridgehead atoms. The van der Waals surface area contributed by atoms with Crippen LogP contribution in [0.25, 0.3) is 10.9 Å². The van der Waals surface area contributed by atoms with Crippen LogP contribution >= 0.6 is 11.3 Å². The van der Waals surface area contributed by atoms with Gasteiger partial charge in [0.05, 0.1) is 11.3 Å². The number of aromatic nitrogens is 2. The summed E-state index contributed by atoms with van der Waals surface area (Å²) in [6, 6.07) is 7.75. The summed E-state index contributed by atoms with van der Waals surface area (Å²) in [5, 5.41) is 6.42. The van der Waals surface area contributed by atoms with Crippen LogP contribution in [0.5, 0.6) is 0 Å². The Labute approximate surface area is 127 Å². The van der Waals surface area contributed by atoms with Gasteiger partial charge in [0, 0.05) is 27.9 Å². The first-order chi connectivity index (χ1) is 9.95. The van der Waals surface area contributed by atoms with E-state index in [0.29, 0.717) is 10.7 Å². The summed E-state index contributed by atoms with van der Waals surface area (Å²) in [4.78, 5) is 20.0. The summed E-state index contributed by atoms with van der Waals surface area (Å²) >= 11 is 1.45. The SMILES string of the molecule is CC(C)(C)c1csc(NC(=O)c2c[nH]c3ccccc23)n1. The van der Waals surface area contributed by atoms with Gasteiger partial charge in [0.2, 0.25) is 0 Å². The highest BCUT2D eigenvalue weighted by Gasteiger charge is 2.19. The number of benzene rings is 1. The maximum Gasteiger partial charge on any atom is 0.259 e. The first-order valence-corrected chi connectivity index (χ1v) is 7.66. The van der Waals surface area contributed by atoms with E-state index in [9.17, 15) is 4.79 Å². The summed E-state index contributed by atoms with van der Waals surface area (Å²) in [5.41, 5.74) is 2.57. The van der Waals surface area contributed by atoms with Crippen molar-refractivity contribution in [3.8, 4) is 0 Å². The van der Waals surface area contributed by atoms with Crippen LogP contribution in [-0.2, 0) is 5.41 Å². The summed E-state index contributed by atoms with van der Waals surface area (Å²) in [6.45, 7) is 6.31. The lowest BCUT2D eigenvalue weighted by Gasteiger charge is -2.14. The normalized spacial score (nSPS) is 11.8. The number of hydrogen-bond acceptors (Lipinski definition) is 3. The number of hydrogen-bond donors (Lipinski definition) is 2. The standard InChI is InChI=1S/C16H17N3OS/c1-16(2,3)13-9-21-15(18-13)19-14(20)11-8-17-12-7-5-4-6-10(11)12/h4-9,17H,1-3H3,(H,18,19,20). The van der Waals surface area contributed by atoms with E-state index >= 15 is 0 Å². The Morgan fingerprint density at radius 1 is 1.29 bits per heavy atom. The Hall–Kier alpha value is -2.14. The third-order valence-electron chi connectivity index (χ3n) is 3.33. The lowest BCUT2D eigenvalue weighted by atomic mass is 9.93. The number of amides is 1. The minimum atomic E-state index is -0.137. The molecule has 2 N–H and O–H groups in total. The smallest absolute Gasteiger partial charge is 0.259 e. The van der Waals surface area contributed by atoms with Gasteiger partial charge in [-0.15, -0.1) is 11.3 Å². The quantitative estimate of drug-likeness (QED) is 0.746. The summed E-state index contributed by atoms with van der Waals surface area (Å²) in [6.07, 6.45) is 1.73. The van der Waals surface area contributed by atoms with Crippen molar-refractivity contribution in [3.05, 3.63) is 47.1 Å². The molecule has 21 heavy (non-hydrogen) atoms. The minimum absolute atomic E-state index is 0.0136. The molecule has 2 heterocycles. The molecular weight excluding hydrogens is 282 g/mol. The van der Waals surface area contributed by atoms with Gasteiger partial charge >= 0.3 is 0 Å². The summed E-state index contributed by atoms with van der Waals surface area (Å²) < 4.78 is 0. The zero-order chi connectivity index (χ0) is 15.0. The van der Waals surface area contributed by atoms with Crippen LogP contribution in [0.1, 0.15) is 36.8 Å². The molecule has 1 aromatic carbocycles. The van der Waals surface area contributed by atoms with E-state index in [-0.39, 0.29) is 11.3 Å². The second-order valence-electron chi connectivity index (χ2n) is 5.99. The Morgan fingerprint density at radius 3 is 2.76 bits per heavy atom. The molecule has 3 aromatic rings. The number of aromatic amines is 1. The molecule has 108 valence electrons. The molecule has 0 saturated heterocycles. The van der Waals surface area contributed by atoms with Crippen LogP contribution in [0.15, 0.2) is 35.8 Å². The fourth-order valence-electron chi connectivity index (χ4n) is 2.10. The maximum atomic E-state index is 12.4. The fraction of sp³-hybridized carbons (Fsp3) is 0.250. The zero-order valence-corrected chi connectivity index (χ0v) is 13.0. The highest BCUT2D eigenvalue weighted by Crippen LogP contribution is 2.27. The van der Waals surface area contributed by atoms with Crippen LogP contribution in [-0.4, -0.2) is 15.9 Å². The largest absolute Gasteiger partial charge is 0.360 e. The van der Waals surface area contributed by atoms with Gasteiger partial charge in [-0.3, -0.25) is 10.1 Å². The molecule has 0 aliphatic rings. The van der Waals surface area contributed by atoms with Crippen molar-refractivity contribution >= 4 is 33.3 Å². The van der Waals surface area contributed by atoms with Gasteiger partial charge in [0.15, 0.2) is 5.13 Å². The molecule has 4 nitrogen and oxygen atoms in total. The molecule has 0 spiro atoms. The molecule has 0 saturated carbocycles. The lowest BCUT2D eigenvalue weighted by Crippen LogP contribution is -2.14. The molecule has 1 amide bonds. The number of rotatable bonds is 2. The van der Waals surface area contributed by atoms with Gasteiger partial charge in [-0.05, 0) is 6.07 Å². The summed E-state index contributed by atoms with van der Waals surface area (Å²) in [5.74, 6) is -0.137. The predicted molar refractivity (Wildman–Crippen MR) is 87.1 cm³/mol. The number of carbonyl (C=O) groups is 1. The van der Waals surface area contributed by atoms with Crippen molar-refractivity contribution in [2.24, 2.45) is 0 Å². The maximum absolute atomic E-state index is 12.4. The van der Waals surface area contributed by atoms with Crippen molar-refractivity contribution in [1.29, 1.82) is 0 Å². The van der Waals surface area contributed by atoms with Crippen molar-refractivity contribution in [2.45, 2.75) is 26.2 Å². The second kappa shape index (κ2) is 5.00. The molecule has 5 heteroatoms. The van der Waals surface area contributed by atoms with Gasteiger partial charge < -0.3 is 4.98 Å². The first-order valence-electron chi connectivity index (χ1n) is 6.78. The van der Waals surface area contributed by atoms with Crippen LogP contribution < -0.4 is 5.32 Å². The van der Waals surface area contributed by atoms with E-state index in [1.165, 1.54) is 11.3 Å². The van der Waals surface area contributed by atoms with Gasteiger partial charge in [0.1, 0.15) is 0 Å². The fourth-order valence-corrected chi connectivity index (χ4v) is 3.03. The van der Waals surface area contributed by atoms with Crippen molar-refractivity contribution in [2.75, 3.05) is 5.32 Å². The molecular formula is C16H17N3OS. The lowest BCUT2D eigenvalue weighted by molar-refractivity contribution is 0.102. The van der Waals surface area contributed by atoms with Gasteiger partial charge in [-0.1, -0.05) is 39.0 Å². The van der Waals surface area contributed by atoms with Gasteiger partial charge in [0.25, 0.3) is 5.91 Å². The number of fused-ring (bicyclic) bond motifs is 1. The molecule has 0 aliphatic carbocycles. The molecule has 0 fully saturated rings. The Bertz CT molecular complexity index is 795. The Balaban J connectivity index is 1.85. The highest BCUT2D eigenvalue weighted by molar-refractivity contribution is 7.14. The topological polar surface area (TPSA) is 57.8 Å². The Morgan fingerprint density at radius 2 is 2.05 bits per heavy atom. The molecule has 0 radical (unpaired) electrons. The third-order valence-corrected chi connectivity index (χ3v) is 4.08. The number of H-pyrrole nitrogens is 1. The van der Waals surface area contributed by atoms with Gasteiger partial charge in [-0.25, -0.2) is 4.98 Å². The van der Waals surface area contributed by atoms with Crippen molar-refractivity contribution in [3.63, 3.8) is 0 Å². The number of nitrogens with one attached hydrogen (secondary N) is 2. The average Bonchev–Trinajstić information content (AvgIpc) is 3.03. The number of nitrogens with zero attached hydrogens (tertiary/aromatic N) is 1. The first kappa shape index (κ1) is 13.8. The predicted octanol–water partition coefficient (Wildman–Crippen LogP) is 4.17. The number of carbonyl (C=O) groups excluding carboxylic acids is 1. The average molecular weight is 299 g/mol. The van der Waals surface area contributed by atoms with E-state index in [0.717, 1.165) is 16.6 Å². The molecule has 0 aliphatic heterocycles. The molecule has 0 unspecified atom stereocenters. The van der Waals surface area contributed by atoms with Gasteiger partial charge in [-0.2, -0.15) is 0 Å². The molecule has 0 atom stereocenters. The van der Waals surface area contributed by atoms with Crippen LogP contribution in [0.3, 0.4) is 0 Å². The molecule has 3 rings (SSSR count). The van der Waals surface area contributed by atoms with Crippen molar-refractivity contribution in [1.82, 2.24) is 9.97 Å². The third kappa shape index (κ3) is 2.69. The van der Waals surface area contributed by atoms with Crippen LogP contribution in [0, 0.1) is 0 Å². The van der Waals surface area contributed by atoms with E-state index in [2.05, 4.69) is 36.1 Å². The highest BCUT2D eigenvalue weighted by atomic mass is 32.1. The van der Waals surface area contributed by atoms with E-state index in [4.69, 9.17) is 0 Å². The van der Waals surface area contributed by atoms with Crippen LogP contribution in [0.4, 0.5) is 5.13 Å².